The van der Waals surface area contributed by atoms with Crippen LogP contribution >= 0.6 is 11.8 Å². The predicted molar refractivity (Wildman–Crippen MR) is 69.8 cm³/mol. The van der Waals surface area contributed by atoms with Gasteiger partial charge in [0.05, 0.1) is 18.3 Å². The van der Waals surface area contributed by atoms with Gasteiger partial charge in [0, 0.05) is 12.4 Å². The van der Waals surface area contributed by atoms with E-state index in [-0.39, 0.29) is 6.04 Å². The predicted octanol–water partition coefficient (Wildman–Crippen LogP) is 2.72. The smallest absolute Gasteiger partial charge is 0.122 e. The minimum atomic E-state index is 0.194. The van der Waals surface area contributed by atoms with Crippen LogP contribution < -0.4 is 5.32 Å². The summed E-state index contributed by atoms with van der Waals surface area (Å²) in [5, 5.41) is 3.36. The van der Waals surface area contributed by atoms with E-state index in [1.807, 2.05) is 18.3 Å². The van der Waals surface area contributed by atoms with E-state index in [1.54, 1.807) is 18.0 Å². The molecule has 2 aromatic heterocycles. The van der Waals surface area contributed by atoms with Gasteiger partial charge in [0.2, 0.25) is 0 Å². The van der Waals surface area contributed by atoms with Crippen LogP contribution in [0.15, 0.2) is 28.9 Å². The van der Waals surface area contributed by atoms with Gasteiger partial charge in [0.1, 0.15) is 17.3 Å². The van der Waals surface area contributed by atoms with E-state index < -0.39 is 0 Å². The second kappa shape index (κ2) is 5.93. The summed E-state index contributed by atoms with van der Waals surface area (Å²) >= 11 is 1.76. The molecule has 0 aliphatic rings. The molecule has 0 radical (unpaired) electrons. The van der Waals surface area contributed by atoms with Crippen LogP contribution in [-0.4, -0.2) is 16.2 Å². The summed E-state index contributed by atoms with van der Waals surface area (Å²) in [6.07, 6.45) is 5.66. The van der Waals surface area contributed by atoms with Crippen LogP contribution in [0, 0.1) is 0 Å². The largest absolute Gasteiger partial charge is 0.464 e. The van der Waals surface area contributed by atoms with E-state index in [1.165, 1.54) is 0 Å². The Balaban J connectivity index is 1.84. The first kappa shape index (κ1) is 12.3. The van der Waals surface area contributed by atoms with Crippen molar-refractivity contribution in [3.8, 4) is 0 Å². The fourth-order valence-corrected chi connectivity index (χ4v) is 2.04. The van der Waals surface area contributed by atoms with E-state index in [2.05, 4.69) is 28.5 Å². The number of H-pyrrole nitrogens is 1. The molecule has 92 valence electrons. The molecule has 0 amide bonds. The Morgan fingerprint density at radius 2 is 2.29 bits per heavy atom. The van der Waals surface area contributed by atoms with Gasteiger partial charge in [-0.1, -0.05) is 0 Å². The number of thioether (sulfide) groups is 1. The maximum Gasteiger partial charge on any atom is 0.122 e. The van der Waals surface area contributed by atoms with Crippen molar-refractivity contribution in [2.45, 2.75) is 25.3 Å². The van der Waals surface area contributed by atoms with Crippen molar-refractivity contribution < 1.29 is 4.42 Å². The van der Waals surface area contributed by atoms with Crippen LogP contribution in [-0.2, 0) is 12.3 Å². The fourth-order valence-electron chi connectivity index (χ4n) is 1.60. The molecule has 2 N–H and O–H groups in total. The molecule has 17 heavy (non-hydrogen) atoms. The standard InChI is InChI=1S/C12H17N3OS/c1-9(12-13-5-6-14-12)15-7-10-3-4-11(16-10)8-17-2/h3-6,9,15H,7-8H2,1-2H3,(H,13,14). The van der Waals surface area contributed by atoms with Gasteiger partial charge < -0.3 is 14.7 Å². The molecule has 1 atom stereocenters. The zero-order valence-corrected chi connectivity index (χ0v) is 10.9. The molecule has 0 saturated carbocycles. The fraction of sp³-hybridized carbons (Fsp3) is 0.417. The molecule has 0 fully saturated rings. The summed E-state index contributed by atoms with van der Waals surface area (Å²) in [4.78, 5) is 7.30. The topological polar surface area (TPSA) is 53.9 Å². The summed E-state index contributed by atoms with van der Waals surface area (Å²) in [6, 6.07) is 4.25. The zero-order valence-electron chi connectivity index (χ0n) is 10.1. The molecule has 4 nitrogen and oxygen atoms in total. The van der Waals surface area contributed by atoms with Crippen LogP contribution in [0.2, 0.25) is 0 Å². The van der Waals surface area contributed by atoms with Gasteiger partial charge in [-0.3, -0.25) is 0 Å². The van der Waals surface area contributed by atoms with Gasteiger partial charge in [-0.05, 0) is 25.3 Å². The van der Waals surface area contributed by atoms with Crippen LogP contribution in [0.1, 0.15) is 30.3 Å². The summed E-state index contributed by atoms with van der Waals surface area (Å²) in [5.74, 6) is 3.86. The highest BCUT2D eigenvalue weighted by Gasteiger charge is 2.08. The van der Waals surface area contributed by atoms with Crippen molar-refractivity contribution in [3.63, 3.8) is 0 Å². The third-order valence-electron chi connectivity index (χ3n) is 2.52. The molecule has 0 aromatic carbocycles. The number of aromatic nitrogens is 2. The zero-order chi connectivity index (χ0) is 12.1. The van der Waals surface area contributed by atoms with Crippen LogP contribution in [0.5, 0.6) is 0 Å². The van der Waals surface area contributed by atoms with E-state index in [0.29, 0.717) is 0 Å². The Hall–Kier alpha value is -1.20. The molecular weight excluding hydrogens is 234 g/mol. The van der Waals surface area contributed by atoms with Crippen molar-refractivity contribution in [2.24, 2.45) is 0 Å². The molecule has 0 aliphatic carbocycles. The van der Waals surface area contributed by atoms with Crippen molar-refractivity contribution in [1.82, 2.24) is 15.3 Å². The van der Waals surface area contributed by atoms with Gasteiger partial charge in [-0.15, -0.1) is 0 Å². The average molecular weight is 251 g/mol. The molecule has 2 rings (SSSR count). The molecular formula is C12H17N3OS. The van der Waals surface area contributed by atoms with Crippen LogP contribution in [0.25, 0.3) is 0 Å². The lowest BCUT2D eigenvalue weighted by molar-refractivity contribution is 0.438. The number of imidazole rings is 1. The molecule has 5 heteroatoms. The number of rotatable bonds is 6. The second-order valence-electron chi connectivity index (χ2n) is 3.88. The van der Waals surface area contributed by atoms with E-state index >= 15 is 0 Å². The van der Waals surface area contributed by atoms with Gasteiger partial charge in [0.15, 0.2) is 0 Å². The Kier molecular flexibility index (Phi) is 4.28. The van der Waals surface area contributed by atoms with Gasteiger partial charge >= 0.3 is 0 Å². The first-order valence-corrected chi connectivity index (χ1v) is 6.98. The number of hydrogen-bond acceptors (Lipinski definition) is 4. The highest BCUT2D eigenvalue weighted by molar-refractivity contribution is 7.97. The summed E-state index contributed by atoms with van der Waals surface area (Å²) in [6.45, 7) is 2.79. The first-order chi connectivity index (χ1) is 8.29. The van der Waals surface area contributed by atoms with Gasteiger partial charge in [0.25, 0.3) is 0 Å². The third-order valence-corrected chi connectivity index (χ3v) is 3.09. The van der Waals surface area contributed by atoms with Crippen LogP contribution in [0.4, 0.5) is 0 Å². The molecule has 0 aliphatic heterocycles. The molecule has 0 bridgehead atoms. The number of furan rings is 1. The Morgan fingerprint density at radius 1 is 1.47 bits per heavy atom. The van der Waals surface area contributed by atoms with Crippen molar-refractivity contribution in [2.75, 3.05) is 6.26 Å². The summed E-state index contributed by atoms with van der Waals surface area (Å²) in [7, 11) is 0. The molecule has 0 saturated heterocycles. The second-order valence-corrected chi connectivity index (χ2v) is 4.74. The van der Waals surface area contributed by atoms with Gasteiger partial charge in [-0.2, -0.15) is 11.8 Å². The Morgan fingerprint density at radius 3 is 3.00 bits per heavy atom. The maximum absolute atomic E-state index is 5.68. The van der Waals surface area contributed by atoms with E-state index in [4.69, 9.17) is 4.42 Å². The third kappa shape index (κ3) is 3.38. The lowest BCUT2D eigenvalue weighted by atomic mass is 10.3. The van der Waals surface area contributed by atoms with Crippen molar-refractivity contribution in [1.29, 1.82) is 0 Å². The molecule has 2 aromatic rings. The number of nitrogens with one attached hydrogen (secondary N) is 2. The lowest BCUT2D eigenvalue weighted by Gasteiger charge is -2.09. The van der Waals surface area contributed by atoms with E-state index in [0.717, 1.165) is 29.6 Å². The highest BCUT2D eigenvalue weighted by Crippen LogP contribution is 2.14. The molecule has 2 heterocycles. The van der Waals surface area contributed by atoms with Gasteiger partial charge in [-0.25, -0.2) is 4.98 Å². The van der Waals surface area contributed by atoms with Crippen molar-refractivity contribution >= 4 is 11.8 Å². The molecule has 1 unspecified atom stereocenters. The number of hydrogen-bond donors (Lipinski definition) is 2. The number of aromatic amines is 1. The first-order valence-electron chi connectivity index (χ1n) is 5.59. The summed E-state index contributed by atoms with van der Waals surface area (Å²) in [5.41, 5.74) is 0. The Labute approximate surface area is 105 Å². The maximum atomic E-state index is 5.68. The summed E-state index contributed by atoms with van der Waals surface area (Å²) < 4.78 is 5.68. The average Bonchev–Trinajstić information content (AvgIpc) is 2.97. The van der Waals surface area contributed by atoms with E-state index in [9.17, 15) is 0 Å². The monoisotopic (exact) mass is 251 g/mol. The Bertz CT molecular complexity index is 438. The highest BCUT2D eigenvalue weighted by atomic mass is 32.2. The number of nitrogens with zero attached hydrogens (tertiary/aromatic N) is 1. The lowest BCUT2D eigenvalue weighted by Crippen LogP contribution is -2.18. The van der Waals surface area contributed by atoms with Crippen molar-refractivity contribution in [3.05, 3.63) is 41.9 Å². The quantitative estimate of drug-likeness (QED) is 0.829. The molecule has 0 spiro atoms. The minimum Gasteiger partial charge on any atom is -0.464 e. The normalized spacial score (nSPS) is 12.8. The minimum absolute atomic E-state index is 0.194. The SMILES string of the molecule is CSCc1ccc(CNC(C)c2ncc[nH]2)o1. The van der Waals surface area contributed by atoms with Crippen LogP contribution in [0.3, 0.4) is 0 Å².